The fourth-order valence-electron chi connectivity index (χ4n) is 4.98. The molecule has 0 saturated carbocycles. The van der Waals surface area contributed by atoms with Crippen LogP contribution in [0.1, 0.15) is 47.2 Å². The van der Waals surface area contributed by atoms with Crippen LogP contribution < -0.4 is 10.1 Å². The molecule has 1 saturated heterocycles. The summed E-state index contributed by atoms with van der Waals surface area (Å²) >= 11 is 0. The van der Waals surface area contributed by atoms with Gasteiger partial charge in [0.25, 0.3) is 5.91 Å². The molecule has 36 heavy (non-hydrogen) atoms. The number of amides is 2. The van der Waals surface area contributed by atoms with Gasteiger partial charge in [-0.05, 0) is 37.5 Å². The molecular formula is C25H31N7O4. The molecule has 11 heteroatoms. The first kappa shape index (κ1) is 24.0. The Hall–Kier alpha value is -3.73. The maximum atomic E-state index is 12.9. The van der Waals surface area contributed by atoms with E-state index in [-0.39, 0.29) is 18.4 Å². The minimum Gasteiger partial charge on any atom is -0.496 e. The van der Waals surface area contributed by atoms with Crippen molar-refractivity contribution in [2.45, 2.75) is 58.0 Å². The molecule has 1 spiro atoms. The molecule has 1 fully saturated rings. The van der Waals surface area contributed by atoms with Crippen LogP contribution >= 0.6 is 0 Å². The van der Waals surface area contributed by atoms with Crippen molar-refractivity contribution in [3.05, 3.63) is 59.2 Å². The monoisotopic (exact) mass is 493 g/mol. The van der Waals surface area contributed by atoms with E-state index in [9.17, 15) is 9.59 Å². The van der Waals surface area contributed by atoms with Crippen molar-refractivity contribution < 1.29 is 19.1 Å². The van der Waals surface area contributed by atoms with Crippen LogP contribution in [0.2, 0.25) is 0 Å². The quantitative estimate of drug-likeness (QED) is 0.506. The number of aryl methyl sites for hydroxylation is 2. The zero-order chi connectivity index (χ0) is 25.1. The number of likely N-dealkylation sites (tertiary alicyclic amines) is 1. The number of nitrogens with one attached hydrogen (secondary N) is 1. The van der Waals surface area contributed by atoms with E-state index in [4.69, 9.17) is 9.47 Å². The summed E-state index contributed by atoms with van der Waals surface area (Å²) in [5.41, 5.74) is 2.61. The summed E-state index contributed by atoms with van der Waals surface area (Å²) in [6.07, 6.45) is 3.42. The van der Waals surface area contributed by atoms with Gasteiger partial charge in [0.2, 0.25) is 5.91 Å². The van der Waals surface area contributed by atoms with Gasteiger partial charge in [-0.3, -0.25) is 14.3 Å². The molecule has 2 amide bonds. The summed E-state index contributed by atoms with van der Waals surface area (Å²) in [5, 5.41) is 15.6. The first-order valence-corrected chi connectivity index (χ1v) is 12.3. The van der Waals surface area contributed by atoms with Gasteiger partial charge in [-0.15, -0.1) is 5.10 Å². The highest BCUT2D eigenvalue weighted by molar-refractivity contribution is 5.92. The Bertz CT molecular complexity index is 1250. The van der Waals surface area contributed by atoms with E-state index >= 15 is 0 Å². The summed E-state index contributed by atoms with van der Waals surface area (Å²) in [6, 6.07) is 9.48. The van der Waals surface area contributed by atoms with Gasteiger partial charge in [0.05, 0.1) is 39.0 Å². The van der Waals surface area contributed by atoms with Crippen molar-refractivity contribution in [2.24, 2.45) is 0 Å². The summed E-state index contributed by atoms with van der Waals surface area (Å²) in [6.45, 7) is 4.87. The first-order chi connectivity index (χ1) is 17.5. The molecule has 2 aromatic heterocycles. The van der Waals surface area contributed by atoms with Crippen molar-refractivity contribution in [3.8, 4) is 5.75 Å². The number of nitrogens with zero attached hydrogens (tertiary/aromatic N) is 6. The molecule has 2 aliphatic heterocycles. The van der Waals surface area contributed by atoms with E-state index in [0.717, 1.165) is 23.4 Å². The van der Waals surface area contributed by atoms with Crippen LogP contribution in [0.3, 0.4) is 0 Å². The van der Waals surface area contributed by atoms with E-state index in [1.54, 1.807) is 24.1 Å². The third-order valence-electron chi connectivity index (χ3n) is 7.01. The van der Waals surface area contributed by atoms with Gasteiger partial charge in [0, 0.05) is 25.7 Å². The average molecular weight is 494 g/mol. The Morgan fingerprint density at radius 3 is 2.92 bits per heavy atom. The lowest BCUT2D eigenvalue weighted by Gasteiger charge is -2.34. The van der Waals surface area contributed by atoms with Gasteiger partial charge in [0.15, 0.2) is 0 Å². The second-order valence-corrected chi connectivity index (χ2v) is 9.20. The zero-order valence-electron chi connectivity index (χ0n) is 20.6. The number of aromatic nitrogens is 5. The van der Waals surface area contributed by atoms with Crippen LogP contribution in [0.5, 0.6) is 5.75 Å². The van der Waals surface area contributed by atoms with Crippen molar-refractivity contribution in [1.82, 2.24) is 35.0 Å². The Kier molecular flexibility index (Phi) is 6.73. The Balaban J connectivity index is 1.16. The number of para-hydroxylation sites is 1. The van der Waals surface area contributed by atoms with Crippen LogP contribution in [0, 0.1) is 0 Å². The standard InChI is InChI=1S/C25H31N7O4/c1-3-31-20(10-12-27-31)24(34)26-14-19-21-15-36-25(17-32(21)29-28-19)11-13-30(16-25)23(33)9-8-18-6-4-5-7-22(18)35-2/h4-7,10,12H,3,8-9,11,13-17H2,1-2H3,(H,26,34). The van der Waals surface area contributed by atoms with Crippen molar-refractivity contribution in [3.63, 3.8) is 0 Å². The van der Waals surface area contributed by atoms with Gasteiger partial charge in [-0.25, -0.2) is 4.68 Å². The number of methoxy groups -OCH3 is 1. The number of carbonyl (C=O) groups excluding carboxylic acids is 2. The second kappa shape index (κ2) is 10.1. The molecule has 1 aromatic carbocycles. The normalized spacial score (nSPS) is 18.9. The number of benzene rings is 1. The Labute approximate surface area is 209 Å². The number of ether oxygens (including phenoxy) is 2. The molecular weight excluding hydrogens is 462 g/mol. The molecule has 5 rings (SSSR count). The lowest BCUT2D eigenvalue weighted by atomic mass is 10.0. The summed E-state index contributed by atoms with van der Waals surface area (Å²) in [7, 11) is 1.64. The molecule has 1 atom stereocenters. The number of fused-ring (bicyclic) bond motifs is 1. The minimum absolute atomic E-state index is 0.112. The largest absolute Gasteiger partial charge is 0.496 e. The van der Waals surface area contributed by atoms with Gasteiger partial charge in [-0.2, -0.15) is 5.10 Å². The maximum absolute atomic E-state index is 12.9. The van der Waals surface area contributed by atoms with Gasteiger partial charge < -0.3 is 19.7 Å². The topological polar surface area (TPSA) is 116 Å². The Morgan fingerprint density at radius 2 is 2.08 bits per heavy atom. The minimum atomic E-state index is -0.463. The van der Waals surface area contributed by atoms with Crippen LogP contribution in [0.4, 0.5) is 0 Å². The second-order valence-electron chi connectivity index (χ2n) is 9.20. The molecule has 190 valence electrons. The molecule has 0 bridgehead atoms. The average Bonchev–Trinajstić information content (AvgIpc) is 3.64. The van der Waals surface area contributed by atoms with Crippen LogP contribution in [-0.2, 0) is 42.2 Å². The molecule has 4 heterocycles. The number of hydrogen-bond donors (Lipinski definition) is 1. The highest BCUT2D eigenvalue weighted by Crippen LogP contribution is 2.33. The van der Waals surface area contributed by atoms with Crippen LogP contribution in [-0.4, -0.2) is 67.3 Å². The van der Waals surface area contributed by atoms with Gasteiger partial charge in [-0.1, -0.05) is 23.4 Å². The molecule has 2 aliphatic rings. The van der Waals surface area contributed by atoms with E-state index in [1.165, 1.54) is 0 Å². The lowest BCUT2D eigenvalue weighted by molar-refractivity contribution is -0.133. The number of hydrogen-bond acceptors (Lipinski definition) is 7. The molecule has 1 unspecified atom stereocenters. The van der Waals surface area contributed by atoms with Gasteiger partial charge >= 0.3 is 0 Å². The molecule has 0 aliphatic carbocycles. The third-order valence-corrected chi connectivity index (χ3v) is 7.01. The third kappa shape index (κ3) is 4.70. The zero-order valence-corrected chi connectivity index (χ0v) is 20.6. The van der Waals surface area contributed by atoms with E-state index in [0.29, 0.717) is 57.0 Å². The lowest BCUT2D eigenvalue weighted by Crippen LogP contribution is -2.45. The van der Waals surface area contributed by atoms with E-state index in [1.807, 2.05) is 40.8 Å². The fourth-order valence-corrected chi connectivity index (χ4v) is 4.98. The molecule has 11 nitrogen and oxygen atoms in total. The van der Waals surface area contributed by atoms with Crippen LogP contribution in [0.15, 0.2) is 36.5 Å². The summed E-state index contributed by atoms with van der Waals surface area (Å²) in [5.74, 6) is 0.711. The van der Waals surface area contributed by atoms with Crippen molar-refractivity contribution in [2.75, 3.05) is 20.2 Å². The molecule has 3 aromatic rings. The predicted octanol–water partition coefficient (Wildman–Crippen LogP) is 1.57. The highest BCUT2D eigenvalue weighted by Gasteiger charge is 2.44. The van der Waals surface area contributed by atoms with E-state index < -0.39 is 5.60 Å². The van der Waals surface area contributed by atoms with Crippen molar-refractivity contribution in [1.29, 1.82) is 0 Å². The van der Waals surface area contributed by atoms with E-state index in [2.05, 4.69) is 20.7 Å². The first-order valence-electron chi connectivity index (χ1n) is 12.3. The predicted molar refractivity (Wildman–Crippen MR) is 129 cm³/mol. The van der Waals surface area contributed by atoms with Crippen LogP contribution in [0.25, 0.3) is 0 Å². The fraction of sp³-hybridized carbons (Fsp3) is 0.480. The SMILES string of the molecule is CCn1nccc1C(=O)NCc1nnn2c1COC1(CCN(C(=O)CCc3ccccc3OC)C1)C2. The number of carbonyl (C=O) groups is 2. The van der Waals surface area contributed by atoms with Gasteiger partial charge in [0.1, 0.15) is 22.7 Å². The smallest absolute Gasteiger partial charge is 0.269 e. The number of rotatable bonds is 8. The maximum Gasteiger partial charge on any atom is 0.269 e. The highest BCUT2D eigenvalue weighted by atomic mass is 16.5. The molecule has 0 radical (unpaired) electrons. The summed E-state index contributed by atoms with van der Waals surface area (Å²) < 4.78 is 15.2. The molecule has 1 N–H and O–H groups in total. The Morgan fingerprint density at radius 1 is 1.22 bits per heavy atom. The van der Waals surface area contributed by atoms with Crippen molar-refractivity contribution >= 4 is 11.8 Å². The summed E-state index contributed by atoms with van der Waals surface area (Å²) in [4.78, 5) is 27.3.